The maximum absolute atomic E-state index is 12.9. The molecule has 1 saturated heterocycles. The highest BCUT2D eigenvalue weighted by molar-refractivity contribution is 6.30. The number of nitrogens with two attached hydrogens (primary N) is 1. The van der Waals surface area contributed by atoms with Gasteiger partial charge in [0.25, 0.3) is 0 Å². The van der Waals surface area contributed by atoms with Gasteiger partial charge in [0.15, 0.2) is 12.1 Å². The molecule has 7 heteroatoms. The van der Waals surface area contributed by atoms with Crippen LogP contribution in [0.25, 0.3) is 0 Å². The zero-order valence-corrected chi connectivity index (χ0v) is 16.2. The van der Waals surface area contributed by atoms with Crippen molar-refractivity contribution < 1.29 is 29.3 Å². The highest BCUT2D eigenvalue weighted by Crippen LogP contribution is 2.37. The van der Waals surface area contributed by atoms with Crippen molar-refractivity contribution in [1.82, 2.24) is 0 Å². The minimum Gasteiger partial charge on any atom is -0.507 e. The molecule has 0 amide bonds. The highest BCUT2D eigenvalue weighted by Gasteiger charge is 2.35. The van der Waals surface area contributed by atoms with E-state index in [2.05, 4.69) is 0 Å². The van der Waals surface area contributed by atoms with E-state index in [1.807, 2.05) is 13.8 Å². The van der Waals surface area contributed by atoms with Crippen molar-refractivity contribution in [2.45, 2.75) is 45.3 Å². The largest absolute Gasteiger partial charge is 0.507 e. The molecule has 2 aromatic carbocycles. The predicted octanol–water partition coefficient (Wildman–Crippen LogP) is 2.49. The molecule has 1 fully saturated rings. The zero-order chi connectivity index (χ0) is 20.9. The number of hydrogen-bond donors (Lipinski definition) is 3. The lowest BCUT2D eigenvalue weighted by atomic mass is 9.82. The third-order valence-electron chi connectivity index (χ3n) is 5.85. The Morgan fingerprint density at radius 1 is 1.07 bits per heavy atom. The summed E-state index contributed by atoms with van der Waals surface area (Å²) in [6, 6.07) is 7.22. The van der Waals surface area contributed by atoms with Gasteiger partial charge in [0.05, 0.1) is 23.8 Å². The molecule has 2 aromatic rings. The topological polar surface area (TPSA) is 119 Å². The summed E-state index contributed by atoms with van der Waals surface area (Å²) in [5, 5.41) is 20.4. The van der Waals surface area contributed by atoms with Crippen LogP contribution in [-0.2, 0) is 16.1 Å². The van der Waals surface area contributed by atoms with E-state index in [-0.39, 0.29) is 58.4 Å². The number of phenols is 2. The summed E-state index contributed by atoms with van der Waals surface area (Å²) in [7, 11) is 0. The van der Waals surface area contributed by atoms with Gasteiger partial charge < -0.3 is 25.4 Å². The first-order valence-electron chi connectivity index (χ1n) is 9.57. The van der Waals surface area contributed by atoms with Crippen LogP contribution in [0.2, 0.25) is 0 Å². The quantitative estimate of drug-likeness (QED) is 0.621. The monoisotopic (exact) mass is 397 g/mol. The number of hydrogen-bond acceptors (Lipinski definition) is 7. The van der Waals surface area contributed by atoms with E-state index in [9.17, 15) is 19.8 Å². The molecule has 0 radical (unpaired) electrons. The Balaban J connectivity index is 1.60. The van der Waals surface area contributed by atoms with E-state index in [0.717, 1.165) is 0 Å². The smallest absolute Gasteiger partial charge is 0.201 e. The van der Waals surface area contributed by atoms with Crippen molar-refractivity contribution in [2.24, 2.45) is 11.7 Å². The normalized spacial score (nSPS) is 26.2. The van der Waals surface area contributed by atoms with Gasteiger partial charge in [-0.25, -0.2) is 0 Å². The Kier molecular flexibility index (Phi) is 4.90. The number of ketones is 2. The molecule has 29 heavy (non-hydrogen) atoms. The SMILES string of the molecule is CC1O[C@H](OCc2cc(O)c3c(c2)C(=O)c2cccc(O)c2C3=O)C[C@H](N)[C@H]1C. The number of carbonyl (C=O) groups is 2. The fraction of sp³-hybridized carbons (Fsp3) is 0.364. The van der Waals surface area contributed by atoms with Gasteiger partial charge in [0.2, 0.25) is 5.78 Å². The lowest BCUT2D eigenvalue weighted by molar-refractivity contribution is -0.212. The number of ether oxygens (including phenoxy) is 2. The standard InChI is InChI=1S/C22H23NO6/c1-10-11(2)29-18(8-15(10)23)28-9-12-6-14-20(17(25)7-12)22(27)19-13(21(14)26)4-3-5-16(19)24/h3-7,10-11,15,18,24-25H,8-9,23H2,1-2H3/t10-,11?,15-,18-/m0/s1. The number of benzene rings is 2. The van der Waals surface area contributed by atoms with Crippen molar-refractivity contribution in [2.75, 3.05) is 0 Å². The third-order valence-corrected chi connectivity index (χ3v) is 5.85. The molecule has 2 aliphatic rings. The number of fused-ring (bicyclic) bond motifs is 2. The molecular weight excluding hydrogens is 374 g/mol. The van der Waals surface area contributed by atoms with Crippen molar-refractivity contribution >= 4 is 11.6 Å². The molecule has 4 N–H and O–H groups in total. The van der Waals surface area contributed by atoms with Crippen LogP contribution in [0.3, 0.4) is 0 Å². The predicted molar refractivity (Wildman–Crippen MR) is 104 cm³/mol. The summed E-state index contributed by atoms with van der Waals surface area (Å²) in [5.74, 6) is -1.39. The zero-order valence-electron chi connectivity index (χ0n) is 16.2. The lowest BCUT2D eigenvalue weighted by Gasteiger charge is -2.37. The van der Waals surface area contributed by atoms with Gasteiger partial charge in [-0.15, -0.1) is 0 Å². The van der Waals surface area contributed by atoms with Crippen molar-refractivity contribution in [3.05, 3.63) is 58.1 Å². The average Bonchev–Trinajstić information content (AvgIpc) is 2.68. The molecule has 1 unspecified atom stereocenters. The fourth-order valence-corrected chi connectivity index (χ4v) is 3.92. The number of carbonyl (C=O) groups excluding carboxylic acids is 2. The van der Waals surface area contributed by atoms with E-state index in [0.29, 0.717) is 12.0 Å². The van der Waals surface area contributed by atoms with Crippen LogP contribution in [0.1, 0.15) is 57.7 Å². The van der Waals surface area contributed by atoms with Gasteiger partial charge in [-0.3, -0.25) is 9.59 Å². The molecule has 4 rings (SSSR count). The van der Waals surface area contributed by atoms with Crippen molar-refractivity contribution in [3.8, 4) is 11.5 Å². The molecule has 0 bridgehead atoms. The van der Waals surface area contributed by atoms with Gasteiger partial charge in [-0.2, -0.15) is 0 Å². The minimum atomic E-state index is -0.581. The molecule has 0 aromatic heterocycles. The Hall–Kier alpha value is -2.74. The van der Waals surface area contributed by atoms with Crippen molar-refractivity contribution in [1.29, 1.82) is 0 Å². The molecule has 7 nitrogen and oxygen atoms in total. The lowest BCUT2D eigenvalue weighted by Crippen LogP contribution is -2.46. The number of phenolic OH excluding ortho intramolecular Hbond substituents is 2. The van der Waals surface area contributed by atoms with Crippen LogP contribution in [0.15, 0.2) is 30.3 Å². The Bertz CT molecular complexity index is 989. The molecule has 1 aliphatic heterocycles. The summed E-state index contributed by atoms with van der Waals surface area (Å²) in [6.45, 7) is 4.07. The summed E-state index contributed by atoms with van der Waals surface area (Å²) >= 11 is 0. The molecule has 1 heterocycles. The first-order chi connectivity index (χ1) is 13.8. The number of aromatic hydroxyl groups is 2. The van der Waals surface area contributed by atoms with Gasteiger partial charge in [-0.1, -0.05) is 19.1 Å². The van der Waals surface area contributed by atoms with Crippen LogP contribution < -0.4 is 5.73 Å². The van der Waals surface area contributed by atoms with Crippen LogP contribution in [0, 0.1) is 5.92 Å². The second-order valence-electron chi connectivity index (χ2n) is 7.74. The van der Waals surface area contributed by atoms with Crippen LogP contribution in [0.4, 0.5) is 0 Å². The Morgan fingerprint density at radius 2 is 1.79 bits per heavy atom. The van der Waals surface area contributed by atoms with E-state index >= 15 is 0 Å². The summed E-state index contributed by atoms with van der Waals surface area (Å²) < 4.78 is 11.6. The van der Waals surface area contributed by atoms with Crippen LogP contribution in [-0.4, -0.2) is 40.2 Å². The van der Waals surface area contributed by atoms with Gasteiger partial charge >= 0.3 is 0 Å². The molecular formula is C22H23NO6. The van der Waals surface area contributed by atoms with E-state index in [1.165, 1.54) is 30.3 Å². The van der Waals surface area contributed by atoms with Gasteiger partial charge in [0.1, 0.15) is 11.5 Å². The second kappa shape index (κ2) is 7.26. The molecule has 4 atom stereocenters. The van der Waals surface area contributed by atoms with Gasteiger partial charge in [0, 0.05) is 23.6 Å². The third kappa shape index (κ3) is 3.31. The number of rotatable bonds is 3. The van der Waals surface area contributed by atoms with Gasteiger partial charge in [-0.05, 0) is 36.6 Å². The van der Waals surface area contributed by atoms with E-state index in [4.69, 9.17) is 15.2 Å². The Labute approximate surface area is 168 Å². The summed E-state index contributed by atoms with van der Waals surface area (Å²) in [6.07, 6.45) is 0.0282. The van der Waals surface area contributed by atoms with E-state index in [1.54, 1.807) is 0 Å². The minimum absolute atomic E-state index is 0.0379. The average molecular weight is 397 g/mol. The maximum atomic E-state index is 12.9. The summed E-state index contributed by atoms with van der Waals surface area (Å²) in [4.78, 5) is 25.7. The molecule has 0 spiro atoms. The second-order valence-corrected chi connectivity index (χ2v) is 7.74. The molecule has 152 valence electrons. The van der Waals surface area contributed by atoms with E-state index < -0.39 is 17.9 Å². The first kappa shape index (κ1) is 19.6. The maximum Gasteiger partial charge on any atom is 0.201 e. The van der Waals surface area contributed by atoms with Crippen LogP contribution in [0.5, 0.6) is 11.5 Å². The Morgan fingerprint density at radius 3 is 2.52 bits per heavy atom. The first-order valence-corrected chi connectivity index (χ1v) is 9.57. The fourth-order valence-electron chi connectivity index (χ4n) is 3.92. The van der Waals surface area contributed by atoms with Crippen molar-refractivity contribution in [3.63, 3.8) is 0 Å². The van der Waals surface area contributed by atoms with Crippen LogP contribution >= 0.6 is 0 Å². The highest BCUT2D eigenvalue weighted by atomic mass is 16.7. The summed E-state index contributed by atoms with van der Waals surface area (Å²) in [5.41, 5.74) is 6.68. The molecule has 1 aliphatic carbocycles. The molecule has 0 saturated carbocycles.